The number of benzene rings is 13. The van der Waals surface area contributed by atoms with E-state index in [1.807, 2.05) is 0 Å². The maximum Gasteiger partial charge on any atom is 0.140 e. The second-order valence-electron chi connectivity index (χ2n) is 19.4. The molecule has 1 aliphatic carbocycles. The van der Waals surface area contributed by atoms with Crippen LogP contribution in [-0.4, -0.2) is 0 Å². The van der Waals surface area contributed by atoms with Crippen molar-refractivity contribution >= 4 is 60.2 Å². The quantitative estimate of drug-likeness (QED) is 0.154. The van der Waals surface area contributed by atoms with Crippen molar-refractivity contribution in [2.75, 3.05) is 4.90 Å². The molecule has 2 heteroatoms. The van der Waals surface area contributed by atoms with Gasteiger partial charge in [-0.1, -0.05) is 237 Å². The fourth-order valence-electron chi connectivity index (χ4n) is 12.7. The van der Waals surface area contributed by atoms with Crippen molar-refractivity contribution in [3.05, 3.63) is 295 Å². The molecule has 0 bridgehead atoms. The van der Waals surface area contributed by atoms with Crippen LogP contribution in [0.4, 0.5) is 17.1 Å². The first-order valence-electron chi connectivity index (χ1n) is 25.2. The molecule has 2 aliphatic rings. The summed E-state index contributed by atoms with van der Waals surface area (Å²) in [5.74, 6) is 1.84. The highest BCUT2D eigenvalue weighted by molar-refractivity contribution is 6.19. The summed E-state index contributed by atoms with van der Waals surface area (Å²) in [4.78, 5) is 2.41. The molecule has 15 rings (SSSR count). The van der Waals surface area contributed by atoms with Crippen LogP contribution in [0.5, 0.6) is 11.5 Å². The summed E-state index contributed by atoms with van der Waals surface area (Å²) in [7, 11) is 0. The van der Waals surface area contributed by atoms with Gasteiger partial charge in [-0.2, -0.15) is 0 Å². The molecule has 13 aromatic rings. The summed E-state index contributed by atoms with van der Waals surface area (Å²) in [5.41, 5.74) is 16.9. The summed E-state index contributed by atoms with van der Waals surface area (Å²) in [6.45, 7) is 0. The standard InChI is InChI=1S/C71H45NO/c1-3-20-46(21-4-1)48-40-42-51(43-41-48)72(52-26-17-24-49(44-52)47-22-5-2-6-23-47)53-27-18-25-50(45-53)54-37-19-39-65-66(54)63-36-15-16-38-64(63)71(65)67-59-32-11-7-28-55(59)57-30-9-13-34-61(57)69(67)73-70-62-35-14-10-31-58(62)56-29-8-12-33-60(56)68(70)71/h1-45H. The summed E-state index contributed by atoms with van der Waals surface area (Å²) < 4.78 is 7.64. The third-order valence-corrected chi connectivity index (χ3v) is 15.7. The molecule has 0 saturated carbocycles. The normalized spacial score (nSPS) is 12.9. The minimum Gasteiger partial charge on any atom is -0.455 e. The maximum atomic E-state index is 7.64. The van der Waals surface area contributed by atoms with Crippen molar-refractivity contribution in [3.63, 3.8) is 0 Å². The molecule has 0 amide bonds. The third-order valence-electron chi connectivity index (χ3n) is 15.7. The zero-order valence-electron chi connectivity index (χ0n) is 39.8. The molecule has 2 nitrogen and oxygen atoms in total. The van der Waals surface area contributed by atoms with E-state index in [-0.39, 0.29) is 0 Å². The highest BCUT2D eigenvalue weighted by Gasteiger charge is 2.54. The molecule has 73 heavy (non-hydrogen) atoms. The lowest BCUT2D eigenvalue weighted by molar-refractivity contribution is 0.451. The lowest BCUT2D eigenvalue weighted by Crippen LogP contribution is -2.33. The van der Waals surface area contributed by atoms with Crippen LogP contribution >= 0.6 is 0 Å². The van der Waals surface area contributed by atoms with Crippen LogP contribution < -0.4 is 9.64 Å². The second kappa shape index (κ2) is 16.3. The van der Waals surface area contributed by atoms with E-state index in [4.69, 9.17) is 4.74 Å². The van der Waals surface area contributed by atoms with Gasteiger partial charge in [0, 0.05) is 39.0 Å². The lowest BCUT2D eigenvalue weighted by Gasteiger charge is -2.42. The van der Waals surface area contributed by atoms with Crippen molar-refractivity contribution < 1.29 is 4.74 Å². The number of nitrogens with zero attached hydrogens (tertiary/aromatic N) is 1. The van der Waals surface area contributed by atoms with Crippen LogP contribution in [0.25, 0.3) is 87.6 Å². The average molecular weight is 928 g/mol. The monoisotopic (exact) mass is 927 g/mol. The highest BCUT2D eigenvalue weighted by atomic mass is 16.5. The average Bonchev–Trinajstić information content (AvgIpc) is 3.77. The molecule has 1 spiro atoms. The Labute approximate surface area is 424 Å². The van der Waals surface area contributed by atoms with Gasteiger partial charge in [0.1, 0.15) is 11.5 Å². The molecule has 13 aromatic carbocycles. The summed E-state index contributed by atoms with van der Waals surface area (Å²) in [6.07, 6.45) is 0. The number of fused-ring (bicyclic) bond motifs is 19. The molecule has 0 aromatic heterocycles. The van der Waals surface area contributed by atoms with Crippen molar-refractivity contribution in [3.8, 4) is 56.0 Å². The van der Waals surface area contributed by atoms with Gasteiger partial charge in [0.25, 0.3) is 0 Å². The lowest BCUT2D eigenvalue weighted by atomic mass is 9.63. The summed E-state index contributed by atoms with van der Waals surface area (Å²) in [5, 5.41) is 9.43. The van der Waals surface area contributed by atoms with Crippen molar-refractivity contribution in [2.45, 2.75) is 5.41 Å². The summed E-state index contributed by atoms with van der Waals surface area (Å²) >= 11 is 0. The van der Waals surface area contributed by atoms with E-state index in [1.165, 1.54) is 93.5 Å². The van der Waals surface area contributed by atoms with Gasteiger partial charge in [-0.05, 0) is 124 Å². The zero-order chi connectivity index (χ0) is 48.0. The van der Waals surface area contributed by atoms with Gasteiger partial charge < -0.3 is 9.64 Å². The predicted molar refractivity (Wildman–Crippen MR) is 305 cm³/mol. The topological polar surface area (TPSA) is 12.5 Å². The van der Waals surface area contributed by atoms with Crippen molar-refractivity contribution in [1.82, 2.24) is 0 Å². The van der Waals surface area contributed by atoms with Crippen LogP contribution in [0, 0.1) is 0 Å². The number of hydrogen-bond donors (Lipinski definition) is 0. The molecule has 340 valence electrons. The summed E-state index contributed by atoms with van der Waals surface area (Å²) in [6, 6.07) is 100. The van der Waals surface area contributed by atoms with E-state index in [9.17, 15) is 0 Å². The Morgan fingerprint density at radius 2 is 0.658 bits per heavy atom. The fraction of sp³-hybridized carbons (Fsp3) is 0.0141. The van der Waals surface area contributed by atoms with E-state index in [0.29, 0.717) is 0 Å². The molecule has 1 aliphatic heterocycles. The van der Waals surface area contributed by atoms with Crippen molar-refractivity contribution in [2.24, 2.45) is 0 Å². The van der Waals surface area contributed by atoms with E-state index in [1.54, 1.807) is 0 Å². The first kappa shape index (κ1) is 41.3. The number of rotatable bonds is 6. The first-order chi connectivity index (χ1) is 36.2. The van der Waals surface area contributed by atoms with E-state index < -0.39 is 5.41 Å². The van der Waals surface area contributed by atoms with Crippen LogP contribution in [0.3, 0.4) is 0 Å². The van der Waals surface area contributed by atoms with Gasteiger partial charge in [-0.3, -0.25) is 0 Å². The minimum absolute atomic E-state index is 0.764. The minimum atomic E-state index is -0.764. The van der Waals surface area contributed by atoms with Gasteiger partial charge in [-0.15, -0.1) is 0 Å². The van der Waals surface area contributed by atoms with Crippen LogP contribution in [0.2, 0.25) is 0 Å². The largest absolute Gasteiger partial charge is 0.455 e. The van der Waals surface area contributed by atoms with E-state index in [0.717, 1.165) is 44.9 Å². The molecule has 0 unspecified atom stereocenters. The fourth-order valence-corrected chi connectivity index (χ4v) is 12.7. The molecular formula is C71H45NO. The smallest absolute Gasteiger partial charge is 0.140 e. The predicted octanol–water partition coefficient (Wildman–Crippen LogP) is 19.2. The zero-order valence-corrected chi connectivity index (χ0v) is 39.8. The van der Waals surface area contributed by atoms with E-state index in [2.05, 4.69) is 278 Å². The Balaban J connectivity index is 1.01. The van der Waals surface area contributed by atoms with Gasteiger partial charge in [-0.25, -0.2) is 0 Å². The van der Waals surface area contributed by atoms with Crippen LogP contribution in [0.1, 0.15) is 22.3 Å². The molecule has 1 heterocycles. The molecule has 0 fully saturated rings. The first-order valence-corrected chi connectivity index (χ1v) is 25.2. The molecule has 0 radical (unpaired) electrons. The third kappa shape index (κ3) is 6.11. The van der Waals surface area contributed by atoms with Crippen molar-refractivity contribution in [1.29, 1.82) is 0 Å². The number of ether oxygens (including phenoxy) is 1. The van der Waals surface area contributed by atoms with Gasteiger partial charge in [0.15, 0.2) is 0 Å². The second-order valence-corrected chi connectivity index (χ2v) is 19.4. The van der Waals surface area contributed by atoms with Gasteiger partial charge in [0.05, 0.1) is 5.41 Å². The molecule has 0 N–H and O–H groups in total. The Morgan fingerprint density at radius 3 is 1.25 bits per heavy atom. The molecule has 0 atom stereocenters. The Hall–Kier alpha value is -9.50. The number of hydrogen-bond acceptors (Lipinski definition) is 2. The highest BCUT2D eigenvalue weighted by Crippen LogP contribution is 2.68. The molecular weight excluding hydrogens is 883 g/mol. The molecule has 0 saturated heterocycles. The Morgan fingerprint density at radius 1 is 0.260 bits per heavy atom. The van der Waals surface area contributed by atoms with Gasteiger partial charge in [0.2, 0.25) is 0 Å². The number of anilines is 3. The van der Waals surface area contributed by atoms with Gasteiger partial charge >= 0.3 is 0 Å². The Kier molecular flexibility index (Phi) is 9.21. The SMILES string of the molecule is c1ccc(-c2ccc(N(c3cccc(-c4ccccc4)c3)c3cccc(-c4cccc5c4-c4ccccc4C54c5c(c6ccccc6c6ccccc56)Oc5c4c4ccccc4c4ccccc54)c3)cc2)cc1. The van der Waals surface area contributed by atoms with E-state index >= 15 is 0 Å². The Bertz CT molecular complexity index is 4220. The van der Waals surface area contributed by atoms with Crippen LogP contribution in [-0.2, 0) is 5.41 Å². The maximum absolute atomic E-state index is 7.64. The van der Waals surface area contributed by atoms with Crippen LogP contribution in [0.15, 0.2) is 273 Å².